The fourth-order valence-corrected chi connectivity index (χ4v) is 5.00. The Balaban J connectivity index is 0.000000815. The first kappa shape index (κ1) is 16.6. The van der Waals surface area contributed by atoms with Crippen LogP contribution in [-0.2, 0) is 0 Å². The normalized spacial score (nSPS) is 10.6. The summed E-state index contributed by atoms with van der Waals surface area (Å²) in [6, 6.07) is 22.0. The van der Waals surface area contributed by atoms with Crippen molar-refractivity contribution in [3.8, 4) is 0 Å². The number of hydrogen-bond acceptors (Lipinski definition) is 0. The zero-order chi connectivity index (χ0) is 17.1. The van der Waals surface area contributed by atoms with Crippen molar-refractivity contribution in [2.45, 2.75) is 13.8 Å². The van der Waals surface area contributed by atoms with Crippen LogP contribution >= 0.6 is 0 Å². The van der Waals surface area contributed by atoms with E-state index in [0.29, 0.717) is 15.0 Å². The number of fused-ring (bicyclic) bond motifs is 3. The van der Waals surface area contributed by atoms with Gasteiger partial charge in [-0.1, -0.05) is 0 Å². The summed E-state index contributed by atoms with van der Waals surface area (Å²) in [5.41, 5.74) is 5.23. The summed E-state index contributed by atoms with van der Waals surface area (Å²) in [6.45, 7) is 10.4. The molecule has 1 aromatic heterocycles. The molecule has 3 aromatic carbocycles. The monoisotopic (exact) mass is 379 g/mol. The first-order valence-corrected chi connectivity index (χ1v) is 9.68. The number of aromatic nitrogens is 1. The van der Waals surface area contributed by atoms with Crippen LogP contribution in [0.25, 0.3) is 21.8 Å². The van der Waals surface area contributed by atoms with Gasteiger partial charge in [0.2, 0.25) is 0 Å². The Hall–Kier alpha value is -2.28. The Labute approximate surface area is 149 Å². The second kappa shape index (κ2) is 7.09. The van der Waals surface area contributed by atoms with Crippen LogP contribution in [0.2, 0.25) is 0 Å². The minimum absolute atomic E-state index is 0.349. The van der Waals surface area contributed by atoms with E-state index >= 15 is 0 Å². The maximum atomic E-state index is 3.53. The molecule has 0 unspecified atom stereocenters. The van der Waals surface area contributed by atoms with E-state index in [4.69, 9.17) is 0 Å². The molecule has 24 heavy (non-hydrogen) atoms. The fourth-order valence-electron chi connectivity index (χ4n) is 2.89. The average molecular weight is 378 g/mol. The number of nitrogens with one attached hydrogen (secondary N) is 1. The van der Waals surface area contributed by atoms with Gasteiger partial charge in [0.15, 0.2) is 0 Å². The van der Waals surface area contributed by atoms with Gasteiger partial charge in [0, 0.05) is 0 Å². The molecule has 0 atom stereocenters. The molecule has 0 radical (unpaired) electrons. The van der Waals surface area contributed by atoms with Crippen molar-refractivity contribution in [3.05, 3.63) is 84.9 Å². The number of hydrogen-bond donors (Lipinski definition) is 1. The van der Waals surface area contributed by atoms with E-state index in [9.17, 15) is 0 Å². The van der Waals surface area contributed by atoms with E-state index < -0.39 is 0 Å². The standard InChI is InChI=1S/C20H17NSe.C2H4/c1-13-7-3-6-10-19(13)22-20-12-16-15-8-4-5-9-17(15)21-18(16)11-14(20)2;1-2/h3-12,21H,1-2H3;1-2H2. The Bertz CT molecular complexity index is 997. The SMILES string of the molecule is C=C.Cc1ccccc1[Se]c1cc2c(cc1C)[nH]c1ccccc12. The fraction of sp³-hybridized carbons (Fsp3) is 0.0909. The second-order valence-electron chi connectivity index (χ2n) is 5.70. The van der Waals surface area contributed by atoms with Gasteiger partial charge in [-0.2, -0.15) is 0 Å². The van der Waals surface area contributed by atoms with Crippen LogP contribution in [0.4, 0.5) is 0 Å². The molecule has 0 fully saturated rings. The summed E-state index contributed by atoms with van der Waals surface area (Å²) in [4.78, 5) is 3.53. The van der Waals surface area contributed by atoms with E-state index in [0.717, 1.165) is 0 Å². The van der Waals surface area contributed by atoms with Crippen molar-refractivity contribution in [1.82, 2.24) is 4.98 Å². The summed E-state index contributed by atoms with van der Waals surface area (Å²) in [5, 5.41) is 2.66. The molecule has 0 amide bonds. The van der Waals surface area contributed by atoms with E-state index in [1.165, 1.54) is 41.9 Å². The topological polar surface area (TPSA) is 15.8 Å². The molecule has 4 rings (SSSR count). The van der Waals surface area contributed by atoms with Crippen LogP contribution in [0.5, 0.6) is 0 Å². The van der Waals surface area contributed by atoms with E-state index in [1.807, 2.05) is 0 Å². The predicted octanol–water partition coefficient (Wildman–Crippen LogP) is 4.40. The van der Waals surface area contributed by atoms with Crippen molar-refractivity contribution < 1.29 is 0 Å². The van der Waals surface area contributed by atoms with Gasteiger partial charge >= 0.3 is 136 Å². The number of H-pyrrole nitrogens is 1. The number of aromatic amines is 1. The van der Waals surface area contributed by atoms with Crippen LogP contribution in [-0.4, -0.2) is 19.9 Å². The number of para-hydroxylation sites is 1. The minimum atomic E-state index is 0.349. The van der Waals surface area contributed by atoms with Crippen LogP contribution < -0.4 is 8.92 Å². The van der Waals surface area contributed by atoms with Crippen LogP contribution in [0, 0.1) is 13.8 Å². The Kier molecular flexibility index (Phi) is 4.89. The third-order valence-corrected chi connectivity index (χ3v) is 6.92. The van der Waals surface area contributed by atoms with Crippen molar-refractivity contribution in [3.63, 3.8) is 0 Å². The molecule has 0 spiro atoms. The van der Waals surface area contributed by atoms with E-state index in [1.54, 1.807) is 0 Å². The Morgan fingerprint density at radius 2 is 1.42 bits per heavy atom. The van der Waals surface area contributed by atoms with Gasteiger partial charge in [-0.05, 0) is 0 Å². The van der Waals surface area contributed by atoms with Crippen molar-refractivity contribution >= 4 is 45.7 Å². The quantitative estimate of drug-likeness (QED) is 0.393. The zero-order valence-corrected chi connectivity index (χ0v) is 15.8. The van der Waals surface area contributed by atoms with Crippen LogP contribution in [0.15, 0.2) is 73.8 Å². The summed E-state index contributed by atoms with van der Waals surface area (Å²) in [5.74, 6) is 0. The van der Waals surface area contributed by atoms with Gasteiger partial charge in [-0.25, -0.2) is 0 Å². The number of aryl methyl sites for hydroxylation is 2. The van der Waals surface area contributed by atoms with Crippen molar-refractivity contribution in [2.24, 2.45) is 0 Å². The summed E-state index contributed by atoms with van der Waals surface area (Å²) >= 11 is 0.349. The van der Waals surface area contributed by atoms with Crippen molar-refractivity contribution in [1.29, 1.82) is 0 Å². The molecule has 4 aromatic rings. The van der Waals surface area contributed by atoms with E-state index in [-0.39, 0.29) is 0 Å². The first-order chi connectivity index (χ1) is 11.7. The Morgan fingerprint density at radius 1 is 0.708 bits per heavy atom. The molecular formula is C22H21NSe. The molecule has 2 heteroatoms. The zero-order valence-electron chi connectivity index (χ0n) is 14.1. The molecule has 1 N–H and O–H groups in total. The van der Waals surface area contributed by atoms with Gasteiger partial charge in [0.05, 0.1) is 0 Å². The molecule has 0 saturated carbocycles. The molecule has 120 valence electrons. The summed E-state index contributed by atoms with van der Waals surface area (Å²) in [6.07, 6.45) is 0. The Morgan fingerprint density at radius 3 is 2.21 bits per heavy atom. The third-order valence-electron chi connectivity index (χ3n) is 4.12. The molecular weight excluding hydrogens is 357 g/mol. The van der Waals surface area contributed by atoms with Gasteiger partial charge < -0.3 is 0 Å². The van der Waals surface area contributed by atoms with Crippen LogP contribution in [0.3, 0.4) is 0 Å². The van der Waals surface area contributed by atoms with Gasteiger partial charge in [-0.15, -0.1) is 13.2 Å². The van der Waals surface area contributed by atoms with Gasteiger partial charge in [0.25, 0.3) is 0 Å². The third kappa shape index (κ3) is 3.03. The van der Waals surface area contributed by atoms with Gasteiger partial charge in [0.1, 0.15) is 0 Å². The molecule has 0 saturated heterocycles. The van der Waals surface area contributed by atoms with E-state index in [2.05, 4.69) is 92.7 Å². The summed E-state index contributed by atoms with van der Waals surface area (Å²) in [7, 11) is 0. The summed E-state index contributed by atoms with van der Waals surface area (Å²) < 4.78 is 2.94. The number of benzene rings is 3. The maximum absolute atomic E-state index is 3.53. The molecule has 0 aliphatic carbocycles. The molecule has 1 nitrogen and oxygen atoms in total. The number of rotatable bonds is 2. The first-order valence-electron chi connectivity index (χ1n) is 7.97. The predicted molar refractivity (Wildman–Crippen MR) is 108 cm³/mol. The molecule has 0 aliphatic heterocycles. The van der Waals surface area contributed by atoms with Gasteiger partial charge in [-0.3, -0.25) is 0 Å². The molecule has 0 aliphatic rings. The second-order valence-corrected chi connectivity index (χ2v) is 7.98. The van der Waals surface area contributed by atoms with Crippen LogP contribution in [0.1, 0.15) is 11.1 Å². The molecule has 1 heterocycles. The average Bonchev–Trinajstić information content (AvgIpc) is 2.96. The molecule has 0 bridgehead atoms. The van der Waals surface area contributed by atoms with Crippen molar-refractivity contribution in [2.75, 3.05) is 0 Å².